The summed E-state index contributed by atoms with van der Waals surface area (Å²) in [6, 6.07) is 1.96. The molecule has 0 aromatic rings. The fourth-order valence-corrected chi connectivity index (χ4v) is 0.545. The predicted octanol–water partition coefficient (Wildman–Crippen LogP) is 1.41. The molecule has 0 heterocycles. The van der Waals surface area contributed by atoms with Crippen molar-refractivity contribution >= 4 is 5.97 Å². The van der Waals surface area contributed by atoms with Crippen molar-refractivity contribution in [3.63, 3.8) is 0 Å². The molecule has 0 bridgehead atoms. The minimum Gasteiger partial charge on any atom is -0.466 e. The second-order valence-electron chi connectivity index (χ2n) is 1.82. The smallest absolute Gasteiger partial charge is 0.305 e. The van der Waals surface area contributed by atoms with E-state index in [0.29, 0.717) is 25.9 Å². The first-order valence-corrected chi connectivity index (χ1v) is 3.33. The first-order valence-electron chi connectivity index (χ1n) is 3.33. The number of carbonyl (C=O) groups excluding carboxylic acids is 1. The highest BCUT2D eigenvalue weighted by atomic mass is 16.5. The van der Waals surface area contributed by atoms with E-state index in [4.69, 9.17) is 5.26 Å². The molecule has 4 nitrogen and oxygen atoms in total. The molecule has 0 saturated heterocycles. The lowest BCUT2D eigenvalue weighted by Crippen LogP contribution is -2.02. The summed E-state index contributed by atoms with van der Waals surface area (Å²) in [7, 11) is 0. The van der Waals surface area contributed by atoms with Crippen LogP contribution < -0.4 is 6.15 Å². The van der Waals surface area contributed by atoms with Crippen LogP contribution in [-0.2, 0) is 9.53 Å². The van der Waals surface area contributed by atoms with Gasteiger partial charge in [-0.2, -0.15) is 5.26 Å². The Morgan fingerprint density at radius 2 is 2.27 bits per heavy atom. The summed E-state index contributed by atoms with van der Waals surface area (Å²) in [5.74, 6) is -0.210. The van der Waals surface area contributed by atoms with Gasteiger partial charge in [0.25, 0.3) is 0 Å². The summed E-state index contributed by atoms with van der Waals surface area (Å²) in [4.78, 5) is 10.6. The maximum absolute atomic E-state index is 10.6. The summed E-state index contributed by atoms with van der Waals surface area (Å²) in [5, 5.41) is 8.11. The van der Waals surface area contributed by atoms with Crippen molar-refractivity contribution < 1.29 is 9.53 Å². The van der Waals surface area contributed by atoms with Gasteiger partial charge in [0.15, 0.2) is 0 Å². The van der Waals surface area contributed by atoms with Gasteiger partial charge in [-0.15, -0.1) is 0 Å². The van der Waals surface area contributed by atoms with Gasteiger partial charge in [0, 0.05) is 12.8 Å². The van der Waals surface area contributed by atoms with E-state index in [0.717, 1.165) is 0 Å². The number of unbranched alkanes of at least 4 members (excludes halogenated alkanes) is 1. The lowest BCUT2D eigenvalue weighted by molar-refractivity contribution is -0.143. The average Bonchev–Trinajstić information content (AvgIpc) is 1.89. The van der Waals surface area contributed by atoms with Gasteiger partial charge in [-0.1, -0.05) is 0 Å². The summed E-state index contributed by atoms with van der Waals surface area (Å²) in [5.41, 5.74) is 0. The summed E-state index contributed by atoms with van der Waals surface area (Å²) in [6.07, 6.45) is 1.40. The van der Waals surface area contributed by atoms with Crippen LogP contribution in [0.2, 0.25) is 0 Å². The predicted molar refractivity (Wildman–Crippen MR) is 41.1 cm³/mol. The third-order valence-electron chi connectivity index (χ3n) is 0.975. The molecule has 0 fully saturated rings. The second-order valence-corrected chi connectivity index (χ2v) is 1.82. The normalized spacial score (nSPS) is 7.64. The van der Waals surface area contributed by atoms with Crippen LogP contribution in [0.1, 0.15) is 26.2 Å². The summed E-state index contributed by atoms with van der Waals surface area (Å²) >= 11 is 0. The zero-order valence-corrected chi connectivity index (χ0v) is 6.80. The van der Waals surface area contributed by atoms with Gasteiger partial charge in [0.05, 0.1) is 12.7 Å². The Kier molecular flexibility index (Phi) is 10.2. The van der Waals surface area contributed by atoms with Crippen LogP contribution in [0.5, 0.6) is 0 Å². The van der Waals surface area contributed by atoms with Crippen LogP contribution in [0.25, 0.3) is 0 Å². The monoisotopic (exact) mass is 158 g/mol. The molecule has 0 aromatic heterocycles. The van der Waals surface area contributed by atoms with Gasteiger partial charge in [0.2, 0.25) is 0 Å². The molecule has 3 N–H and O–H groups in total. The van der Waals surface area contributed by atoms with Gasteiger partial charge in [0.1, 0.15) is 0 Å². The second kappa shape index (κ2) is 8.92. The first kappa shape index (κ1) is 12.6. The van der Waals surface area contributed by atoms with Crippen molar-refractivity contribution in [2.45, 2.75) is 26.2 Å². The van der Waals surface area contributed by atoms with Crippen molar-refractivity contribution in [3.8, 4) is 6.07 Å². The topological polar surface area (TPSA) is 85.1 Å². The molecule has 0 radical (unpaired) electrons. The largest absolute Gasteiger partial charge is 0.466 e. The number of nitrogens with zero attached hydrogens (tertiary/aromatic N) is 1. The number of hydrogen-bond acceptors (Lipinski definition) is 4. The SMILES string of the molecule is CCOC(=O)CCCC#N.N. The van der Waals surface area contributed by atoms with Crippen molar-refractivity contribution in [2.24, 2.45) is 0 Å². The number of nitriles is 1. The van der Waals surface area contributed by atoms with E-state index < -0.39 is 0 Å². The zero-order chi connectivity index (χ0) is 7.82. The lowest BCUT2D eigenvalue weighted by atomic mass is 10.2. The fourth-order valence-electron chi connectivity index (χ4n) is 0.545. The van der Waals surface area contributed by atoms with Crippen LogP contribution in [0, 0.1) is 11.3 Å². The fraction of sp³-hybridized carbons (Fsp3) is 0.714. The molecule has 0 amide bonds. The maximum Gasteiger partial charge on any atom is 0.305 e. The van der Waals surface area contributed by atoms with E-state index in [1.807, 2.05) is 6.07 Å². The lowest BCUT2D eigenvalue weighted by Gasteiger charge is -1.97. The van der Waals surface area contributed by atoms with Gasteiger partial charge in [-0.3, -0.25) is 4.79 Å². The number of esters is 1. The minimum absolute atomic E-state index is 0. The maximum atomic E-state index is 10.6. The standard InChI is InChI=1S/C7H11NO2.H3N/c1-2-10-7(9)5-3-4-6-8;/h2-5H2,1H3;1H3. The highest BCUT2D eigenvalue weighted by Gasteiger charge is 1.98. The molecule has 0 spiro atoms. The third kappa shape index (κ3) is 8.92. The van der Waals surface area contributed by atoms with E-state index in [2.05, 4.69) is 4.74 Å². The molecule has 0 unspecified atom stereocenters. The van der Waals surface area contributed by atoms with E-state index in [9.17, 15) is 4.79 Å². The van der Waals surface area contributed by atoms with Crippen molar-refractivity contribution in [3.05, 3.63) is 0 Å². The average molecular weight is 158 g/mol. The first-order chi connectivity index (χ1) is 4.81. The quantitative estimate of drug-likeness (QED) is 0.495. The van der Waals surface area contributed by atoms with Gasteiger partial charge in [-0.25, -0.2) is 0 Å². The van der Waals surface area contributed by atoms with Gasteiger partial charge < -0.3 is 10.9 Å². The van der Waals surface area contributed by atoms with Crippen molar-refractivity contribution in [1.82, 2.24) is 6.15 Å². The summed E-state index contributed by atoms with van der Waals surface area (Å²) in [6.45, 7) is 2.19. The molecule has 0 saturated carbocycles. The summed E-state index contributed by atoms with van der Waals surface area (Å²) < 4.78 is 4.64. The highest BCUT2D eigenvalue weighted by Crippen LogP contribution is 1.95. The van der Waals surface area contributed by atoms with Crippen LogP contribution in [0.4, 0.5) is 0 Å². The minimum atomic E-state index is -0.210. The Bertz CT molecular complexity index is 140. The van der Waals surface area contributed by atoms with Gasteiger partial charge >= 0.3 is 5.97 Å². The molecular formula is C7H14N2O2. The van der Waals surface area contributed by atoms with Crippen LogP contribution in [-0.4, -0.2) is 12.6 Å². The van der Waals surface area contributed by atoms with Gasteiger partial charge in [-0.05, 0) is 13.3 Å². The molecule has 0 aliphatic heterocycles. The van der Waals surface area contributed by atoms with Crippen molar-refractivity contribution in [1.29, 1.82) is 5.26 Å². The molecule has 11 heavy (non-hydrogen) atoms. The van der Waals surface area contributed by atoms with Crippen LogP contribution in [0.3, 0.4) is 0 Å². The van der Waals surface area contributed by atoms with E-state index in [1.54, 1.807) is 6.92 Å². The van der Waals surface area contributed by atoms with Crippen molar-refractivity contribution in [2.75, 3.05) is 6.61 Å². The highest BCUT2D eigenvalue weighted by molar-refractivity contribution is 5.69. The van der Waals surface area contributed by atoms with E-state index >= 15 is 0 Å². The number of ether oxygens (including phenoxy) is 1. The number of rotatable bonds is 4. The molecule has 0 aliphatic carbocycles. The van der Waals surface area contributed by atoms with Crippen LogP contribution in [0.15, 0.2) is 0 Å². The zero-order valence-electron chi connectivity index (χ0n) is 6.80. The Morgan fingerprint density at radius 3 is 2.73 bits per heavy atom. The van der Waals surface area contributed by atoms with Crippen LogP contribution >= 0.6 is 0 Å². The van der Waals surface area contributed by atoms with E-state index in [-0.39, 0.29) is 12.1 Å². The number of hydrogen-bond donors (Lipinski definition) is 1. The Hall–Kier alpha value is -1.08. The van der Waals surface area contributed by atoms with E-state index in [1.165, 1.54) is 0 Å². The Labute approximate surface area is 66.7 Å². The molecular weight excluding hydrogens is 144 g/mol. The molecule has 0 atom stereocenters. The third-order valence-corrected chi connectivity index (χ3v) is 0.975. The molecule has 4 heteroatoms. The molecule has 0 rings (SSSR count). The molecule has 64 valence electrons. The molecule has 0 aromatic carbocycles. The molecule has 0 aliphatic rings. The Morgan fingerprint density at radius 1 is 1.64 bits per heavy atom. The Balaban J connectivity index is 0. The number of carbonyl (C=O) groups is 1.